The second-order valence-corrected chi connectivity index (χ2v) is 7.21. The first-order valence-electron chi connectivity index (χ1n) is 10.1. The van der Waals surface area contributed by atoms with E-state index >= 15 is 0 Å². The van der Waals surface area contributed by atoms with Crippen molar-refractivity contribution < 1.29 is 14.0 Å². The smallest absolute Gasteiger partial charge is 0.226 e. The van der Waals surface area contributed by atoms with Crippen molar-refractivity contribution in [2.45, 2.75) is 46.0 Å². The molecule has 1 aliphatic heterocycles. The fourth-order valence-corrected chi connectivity index (χ4v) is 3.00. The average molecular weight is 509 g/mol. The maximum absolute atomic E-state index is 5.68. The average Bonchev–Trinajstić information content (AvgIpc) is 3.31. The number of aryl methyl sites for hydroxylation is 1. The molecule has 28 heavy (non-hydrogen) atoms. The van der Waals surface area contributed by atoms with Crippen LogP contribution in [0.15, 0.2) is 9.52 Å². The molecule has 2 heterocycles. The molecular weight excluding hydrogens is 473 g/mol. The van der Waals surface area contributed by atoms with Gasteiger partial charge in [0.05, 0.1) is 19.8 Å². The molecule has 0 bridgehead atoms. The van der Waals surface area contributed by atoms with Crippen LogP contribution in [0.4, 0.5) is 0 Å². The van der Waals surface area contributed by atoms with Crippen molar-refractivity contribution in [3.63, 3.8) is 0 Å². The van der Waals surface area contributed by atoms with E-state index in [2.05, 4.69) is 41.1 Å². The summed E-state index contributed by atoms with van der Waals surface area (Å²) >= 11 is 0. The van der Waals surface area contributed by atoms with Crippen molar-refractivity contribution >= 4 is 29.9 Å². The summed E-state index contributed by atoms with van der Waals surface area (Å²) in [7, 11) is 1.70. The molecule has 0 radical (unpaired) electrons. The van der Waals surface area contributed by atoms with Crippen LogP contribution in [0.3, 0.4) is 0 Å². The summed E-state index contributed by atoms with van der Waals surface area (Å²) in [6.45, 7) is 11.9. The van der Waals surface area contributed by atoms with E-state index in [0.717, 1.165) is 63.8 Å². The Bertz CT molecular complexity index is 568. The SMILES string of the molecule is CCNC(=NCCCc1nc(C(C)C)no1)N1CCC(COCCOC)C1.I. The fraction of sp³-hybridized carbons (Fsp3) is 0.842. The third-order valence-corrected chi connectivity index (χ3v) is 4.52. The molecule has 0 aliphatic carbocycles. The van der Waals surface area contributed by atoms with Gasteiger partial charge in [-0.25, -0.2) is 0 Å². The monoisotopic (exact) mass is 509 g/mol. The summed E-state index contributed by atoms with van der Waals surface area (Å²) in [5.74, 6) is 3.32. The van der Waals surface area contributed by atoms with Gasteiger partial charge >= 0.3 is 0 Å². The zero-order valence-electron chi connectivity index (χ0n) is 17.6. The Morgan fingerprint density at radius 1 is 1.39 bits per heavy atom. The lowest BCUT2D eigenvalue weighted by molar-refractivity contribution is 0.0536. The lowest BCUT2D eigenvalue weighted by atomic mass is 10.1. The number of guanidine groups is 1. The van der Waals surface area contributed by atoms with Crippen molar-refractivity contribution in [3.8, 4) is 0 Å². The van der Waals surface area contributed by atoms with E-state index in [1.807, 2.05) is 0 Å². The number of nitrogens with zero attached hydrogens (tertiary/aromatic N) is 4. The number of rotatable bonds is 11. The van der Waals surface area contributed by atoms with Gasteiger partial charge < -0.3 is 24.2 Å². The Balaban J connectivity index is 0.00000392. The molecule has 0 amide bonds. The molecule has 1 fully saturated rings. The van der Waals surface area contributed by atoms with E-state index < -0.39 is 0 Å². The number of hydrogen-bond donors (Lipinski definition) is 1. The van der Waals surface area contributed by atoms with Crippen molar-refractivity contribution in [1.82, 2.24) is 20.4 Å². The normalized spacial score (nSPS) is 17.2. The van der Waals surface area contributed by atoms with Gasteiger partial charge in [-0.05, 0) is 19.8 Å². The number of aliphatic imine (C=N–C) groups is 1. The van der Waals surface area contributed by atoms with Crippen molar-refractivity contribution in [1.29, 1.82) is 0 Å². The minimum atomic E-state index is 0. The maximum atomic E-state index is 5.68. The molecule has 0 aromatic carbocycles. The lowest BCUT2D eigenvalue weighted by Gasteiger charge is -2.21. The molecule has 8 nitrogen and oxygen atoms in total. The third-order valence-electron chi connectivity index (χ3n) is 4.52. The van der Waals surface area contributed by atoms with Gasteiger partial charge in [-0.15, -0.1) is 24.0 Å². The minimum Gasteiger partial charge on any atom is -0.382 e. The second kappa shape index (κ2) is 14.1. The van der Waals surface area contributed by atoms with Crippen LogP contribution in [0.2, 0.25) is 0 Å². The molecule has 1 aromatic rings. The Morgan fingerprint density at radius 2 is 2.21 bits per heavy atom. The third kappa shape index (κ3) is 8.60. The van der Waals surface area contributed by atoms with Gasteiger partial charge in [0.15, 0.2) is 11.8 Å². The number of halogens is 1. The summed E-state index contributed by atoms with van der Waals surface area (Å²) in [5.41, 5.74) is 0. The molecule has 162 valence electrons. The summed E-state index contributed by atoms with van der Waals surface area (Å²) in [6.07, 6.45) is 2.79. The van der Waals surface area contributed by atoms with Gasteiger partial charge in [-0.1, -0.05) is 19.0 Å². The maximum Gasteiger partial charge on any atom is 0.226 e. The van der Waals surface area contributed by atoms with Gasteiger partial charge in [0, 0.05) is 51.5 Å². The van der Waals surface area contributed by atoms with Gasteiger partial charge in [0.25, 0.3) is 0 Å². The number of nitrogens with one attached hydrogen (secondary N) is 1. The molecule has 1 aromatic heterocycles. The number of aromatic nitrogens is 2. The van der Waals surface area contributed by atoms with E-state index in [4.69, 9.17) is 19.0 Å². The standard InChI is InChI=1S/C19H35N5O3.HI/c1-5-20-19(24-10-8-16(13-24)14-26-12-11-25-4)21-9-6-7-17-22-18(15(2)3)23-27-17;/h15-16H,5-14H2,1-4H3,(H,20,21);1H. The van der Waals surface area contributed by atoms with Crippen LogP contribution in [-0.4, -0.2) is 74.1 Å². The van der Waals surface area contributed by atoms with Crippen LogP contribution in [0.25, 0.3) is 0 Å². The molecule has 1 aliphatic rings. The minimum absolute atomic E-state index is 0. The van der Waals surface area contributed by atoms with E-state index in [1.165, 1.54) is 0 Å². The van der Waals surface area contributed by atoms with E-state index in [0.29, 0.717) is 30.9 Å². The zero-order valence-corrected chi connectivity index (χ0v) is 20.0. The number of likely N-dealkylation sites (tertiary alicyclic amines) is 1. The molecule has 1 saturated heterocycles. The van der Waals surface area contributed by atoms with E-state index in [-0.39, 0.29) is 24.0 Å². The summed E-state index contributed by atoms with van der Waals surface area (Å²) in [5, 5.41) is 7.41. The molecule has 2 rings (SSSR count). The highest BCUT2D eigenvalue weighted by molar-refractivity contribution is 14.0. The van der Waals surface area contributed by atoms with Crippen LogP contribution in [0.1, 0.15) is 51.2 Å². The summed E-state index contributed by atoms with van der Waals surface area (Å²) in [6, 6.07) is 0. The topological polar surface area (TPSA) is 85.0 Å². The Kier molecular flexibility index (Phi) is 12.6. The first kappa shape index (κ1) is 25.1. The number of hydrogen-bond acceptors (Lipinski definition) is 6. The van der Waals surface area contributed by atoms with Gasteiger partial charge in [-0.2, -0.15) is 4.98 Å². The van der Waals surface area contributed by atoms with Crippen LogP contribution in [0, 0.1) is 5.92 Å². The van der Waals surface area contributed by atoms with E-state index in [9.17, 15) is 0 Å². The van der Waals surface area contributed by atoms with Crippen LogP contribution in [-0.2, 0) is 15.9 Å². The van der Waals surface area contributed by atoms with Gasteiger partial charge in [0.2, 0.25) is 5.89 Å². The molecule has 1 atom stereocenters. The number of ether oxygens (including phenoxy) is 2. The van der Waals surface area contributed by atoms with Gasteiger partial charge in [-0.3, -0.25) is 4.99 Å². The Morgan fingerprint density at radius 3 is 2.89 bits per heavy atom. The molecule has 9 heteroatoms. The summed E-state index contributed by atoms with van der Waals surface area (Å²) < 4.78 is 16.0. The largest absolute Gasteiger partial charge is 0.382 e. The number of methoxy groups -OCH3 is 1. The quantitative estimate of drug-likeness (QED) is 0.213. The first-order valence-corrected chi connectivity index (χ1v) is 10.1. The highest BCUT2D eigenvalue weighted by atomic mass is 127. The molecule has 1 unspecified atom stereocenters. The van der Waals surface area contributed by atoms with Crippen molar-refractivity contribution in [3.05, 3.63) is 11.7 Å². The predicted molar refractivity (Wildman–Crippen MR) is 120 cm³/mol. The van der Waals surface area contributed by atoms with Crippen molar-refractivity contribution in [2.75, 3.05) is 53.1 Å². The summed E-state index contributed by atoms with van der Waals surface area (Å²) in [4.78, 5) is 11.5. The predicted octanol–water partition coefficient (Wildman–Crippen LogP) is 2.69. The zero-order chi connectivity index (χ0) is 19.5. The van der Waals surface area contributed by atoms with Crippen LogP contribution < -0.4 is 5.32 Å². The molecular formula is C19H36IN5O3. The molecule has 0 spiro atoms. The van der Waals surface area contributed by atoms with Gasteiger partial charge in [0.1, 0.15) is 0 Å². The molecule has 0 saturated carbocycles. The highest BCUT2D eigenvalue weighted by Crippen LogP contribution is 2.17. The van der Waals surface area contributed by atoms with E-state index in [1.54, 1.807) is 7.11 Å². The Labute approximate surface area is 185 Å². The van der Waals surface area contributed by atoms with Crippen molar-refractivity contribution in [2.24, 2.45) is 10.9 Å². The Hall–Kier alpha value is -0.940. The van der Waals surface area contributed by atoms with Crippen LogP contribution >= 0.6 is 24.0 Å². The fourth-order valence-electron chi connectivity index (χ4n) is 3.00. The highest BCUT2D eigenvalue weighted by Gasteiger charge is 2.24. The first-order chi connectivity index (χ1) is 13.1. The van der Waals surface area contributed by atoms with Crippen LogP contribution in [0.5, 0.6) is 0 Å². The lowest BCUT2D eigenvalue weighted by Crippen LogP contribution is -2.40. The second-order valence-electron chi connectivity index (χ2n) is 7.21. The molecule has 1 N–H and O–H groups in total.